The normalized spacial score (nSPS) is 13.4. The number of benzene rings is 2. The van der Waals surface area contributed by atoms with Gasteiger partial charge in [-0.25, -0.2) is 0 Å². The number of nitrogens with one attached hydrogen (secondary N) is 1. The van der Waals surface area contributed by atoms with Gasteiger partial charge in [0.25, 0.3) is 8.03 Å². The highest BCUT2D eigenvalue weighted by Crippen LogP contribution is 2.38. The summed E-state index contributed by atoms with van der Waals surface area (Å²) in [5.74, 6) is -0.174. The molecule has 0 radical (unpaired) electrons. The Bertz CT molecular complexity index is 614. The summed E-state index contributed by atoms with van der Waals surface area (Å²) in [5, 5.41) is 7.31. The fourth-order valence-electron chi connectivity index (χ4n) is 1.67. The molecule has 104 valence electrons. The van der Waals surface area contributed by atoms with Crippen molar-refractivity contribution in [2.75, 3.05) is 0 Å². The number of hydrogen-bond acceptors (Lipinski definition) is 4. The summed E-state index contributed by atoms with van der Waals surface area (Å²) >= 11 is 0. The summed E-state index contributed by atoms with van der Waals surface area (Å²) in [6.07, 6.45) is 0. The molecule has 2 aromatic rings. The van der Waals surface area contributed by atoms with Gasteiger partial charge in [-0.15, -0.1) is 0 Å². The zero-order valence-electron chi connectivity index (χ0n) is 10.7. The lowest BCUT2D eigenvalue weighted by Gasteiger charge is -2.13. The van der Waals surface area contributed by atoms with E-state index in [1.807, 2.05) is 6.07 Å². The van der Waals surface area contributed by atoms with Crippen LogP contribution in [0.3, 0.4) is 0 Å². The van der Waals surface area contributed by atoms with E-state index in [1.54, 1.807) is 48.5 Å². The molecule has 6 heteroatoms. The first-order valence-electron chi connectivity index (χ1n) is 6.04. The standard InChI is InChI=1S/C14H16N3O2P/c15-13(16)10-6-8-11(9-7-10)14(17)20(18)19-12-4-2-1-3-5-12/h1-9,14,20H,17H2,(H3,15,16). The largest absolute Gasteiger partial charge is 0.443 e. The second-order valence-electron chi connectivity index (χ2n) is 4.25. The van der Waals surface area contributed by atoms with Gasteiger partial charge in [0.2, 0.25) is 0 Å². The molecule has 0 amide bonds. The molecule has 2 atom stereocenters. The molecule has 2 unspecified atom stereocenters. The summed E-state index contributed by atoms with van der Waals surface area (Å²) in [6.45, 7) is 0. The Hall–Kier alpha value is -2.10. The van der Waals surface area contributed by atoms with Gasteiger partial charge in [-0.05, 0) is 17.7 Å². The summed E-state index contributed by atoms with van der Waals surface area (Å²) in [5.41, 5.74) is 12.6. The van der Waals surface area contributed by atoms with Crippen molar-refractivity contribution in [2.24, 2.45) is 11.5 Å². The maximum Gasteiger partial charge on any atom is 0.257 e. The van der Waals surface area contributed by atoms with Gasteiger partial charge in [0.15, 0.2) is 0 Å². The molecule has 20 heavy (non-hydrogen) atoms. The second kappa shape index (κ2) is 6.37. The Morgan fingerprint density at radius 1 is 1.10 bits per heavy atom. The van der Waals surface area contributed by atoms with Gasteiger partial charge in [0.1, 0.15) is 17.4 Å². The third-order valence-corrected chi connectivity index (χ3v) is 4.07. The average Bonchev–Trinajstić information content (AvgIpc) is 2.47. The van der Waals surface area contributed by atoms with Crippen LogP contribution in [-0.2, 0) is 4.57 Å². The zero-order chi connectivity index (χ0) is 14.5. The molecule has 0 spiro atoms. The Labute approximate surface area is 117 Å². The van der Waals surface area contributed by atoms with Crippen molar-refractivity contribution < 1.29 is 9.09 Å². The minimum absolute atomic E-state index is 0.0155. The van der Waals surface area contributed by atoms with E-state index >= 15 is 0 Å². The maximum atomic E-state index is 12.1. The number of nitrogens with two attached hydrogens (primary N) is 2. The molecule has 0 saturated carbocycles. The average molecular weight is 289 g/mol. The van der Waals surface area contributed by atoms with Crippen molar-refractivity contribution in [1.82, 2.24) is 0 Å². The monoisotopic (exact) mass is 289 g/mol. The summed E-state index contributed by atoms with van der Waals surface area (Å²) in [6, 6.07) is 15.7. The van der Waals surface area contributed by atoms with Crippen molar-refractivity contribution in [2.45, 2.75) is 5.78 Å². The highest BCUT2D eigenvalue weighted by atomic mass is 31.1. The summed E-state index contributed by atoms with van der Waals surface area (Å²) in [7, 11) is -2.46. The first-order valence-corrected chi connectivity index (χ1v) is 7.44. The predicted molar refractivity (Wildman–Crippen MR) is 80.5 cm³/mol. The van der Waals surface area contributed by atoms with Gasteiger partial charge in [-0.2, -0.15) is 0 Å². The van der Waals surface area contributed by atoms with Crippen LogP contribution in [0.1, 0.15) is 16.9 Å². The molecular formula is C14H16N3O2P. The van der Waals surface area contributed by atoms with E-state index < -0.39 is 13.8 Å². The predicted octanol–water partition coefficient (Wildman–Crippen LogP) is 2.48. The van der Waals surface area contributed by atoms with Gasteiger partial charge in [0, 0.05) is 5.56 Å². The third kappa shape index (κ3) is 3.47. The zero-order valence-corrected chi connectivity index (χ0v) is 11.7. The van der Waals surface area contributed by atoms with Crippen molar-refractivity contribution in [3.8, 4) is 5.75 Å². The molecular weight excluding hydrogens is 273 g/mol. The van der Waals surface area contributed by atoms with E-state index in [0.717, 1.165) is 0 Å². The molecule has 0 aliphatic rings. The molecule has 0 aliphatic carbocycles. The molecule has 0 aliphatic heterocycles. The van der Waals surface area contributed by atoms with Crippen LogP contribution >= 0.6 is 8.03 Å². The van der Waals surface area contributed by atoms with Crippen LogP contribution in [0, 0.1) is 5.41 Å². The van der Waals surface area contributed by atoms with Crippen molar-refractivity contribution in [1.29, 1.82) is 5.41 Å². The van der Waals surface area contributed by atoms with E-state index in [1.165, 1.54) is 0 Å². The minimum Gasteiger partial charge on any atom is -0.443 e. The van der Waals surface area contributed by atoms with Gasteiger partial charge in [0.05, 0.1) is 0 Å². The number of hydrogen-bond donors (Lipinski definition) is 3. The van der Waals surface area contributed by atoms with E-state index in [9.17, 15) is 4.57 Å². The molecule has 0 aromatic heterocycles. The van der Waals surface area contributed by atoms with E-state index in [2.05, 4.69) is 0 Å². The number of para-hydroxylation sites is 1. The van der Waals surface area contributed by atoms with Crippen LogP contribution in [0.5, 0.6) is 5.75 Å². The lowest BCUT2D eigenvalue weighted by atomic mass is 10.1. The maximum absolute atomic E-state index is 12.1. The van der Waals surface area contributed by atoms with Gasteiger partial charge in [-0.3, -0.25) is 9.97 Å². The SMILES string of the molecule is N=C(N)c1ccc(C(N)[PH](=O)Oc2ccccc2)cc1. The summed E-state index contributed by atoms with van der Waals surface area (Å²) < 4.78 is 17.5. The fraction of sp³-hybridized carbons (Fsp3) is 0.0714. The molecule has 0 saturated heterocycles. The third-order valence-electron chi connectivity index (χ3n) is 2.80. The van der Waals surface area contributed by atoms with Gasteiger partial charge >= 0.3 is 0 Å². The van der Waals surface area contributed by atoms with Crippen LogP contribution in [0.15, 0.2) is 54.6 Å². The van der Waals surface area contributed by atoms with Crippen LogP contribution < -0.4 is 16.0 Å². The Kier molecular flexibility index (Phi) is 4.56. The topological polar surface area (TPSA) is 102 Å². The lowest BCUT2D eigenvalue weighted by molar-refractivity contribution is 0.494. The van der Waals surface area contributed by atoms with Crippen molar-refractivity contribution in [3.05, 3.63) is 65.7 Å². The quantitative estimate of drug-likeness (QED) is 0.447. The van der Waals surface area contributed by atoms with Crippen molar-refractivity contribution in [3.63, 3.8) is 0 Å². The van der Waals surface area contributed by atoms with Crippen LogP contribution in [0.4, 0.5) is 0 Å². The van der Waals surface area contributed by atoms with E-state index in [0.29, 0.717) is 16.9 Å². The van der Waals surface area contributed by atoms with Gasteiger partial charge < -0.3 is 16.0 Å². The van der Waals surface area contributed by atoms with Crippen molar-refractivity contribution >= 4 is 13.9 Å². The Balaban J connectivity index is 2.08. The molecule has 2 aromatic carbocycles. The van der Waals surface area contributed by atoms with E-state index in [-0.39, 0.29) is 5.84 Å². The van der Waals surface area contributed by atoms with Gasteiger partial charge in [-0.1, -0.05) is 42.5 Å². The molecule has 0 bridgehead atoms. The van der Waals surface area contributed by atoms with Crippen LogP contribution in [0.2, 0.25) is 0 Å². The number of rotatable bonds is 5. The first-order chi connectivity index (χ1) is 9.58. The highest BCUT2D eigenvalue weighted by molar-refractivity contribution is 7.40. The van der Waals surface area contributed by atoms with E-state index in [4.69, 9.17) is 21.4 Å². The molecule has 5 N–H and O–H groups in total. The first kappa shape index (κ1) is 14.3. The second-order valence-corrected chi connectivity index (χ2v) is 5.71. The number of nitrogen functional groups attached to an aromatic ring is 1. The Morgan fingerprint density at radius 2 is 1.70 bits per heavy atom. The molecule has 5 nitrogen and oxygen atoms in total. The molecule has 0 heterocycles. The Morgan fingerprint density at radius 3 is 2.25 bits per heavy atom. The molecule has 2 rings (SSSR count). The lowest BCUT2D eigenvalue weighted by Crippen LogP contribution is -2.12. The van der Waals surface area contributed by atoms with Crippen LogP contribution in [-0.4, -0.2) is 5.84 Å². The number of amidine groups is 1. The minimum atomic E-state index is -2.46. The summed E-state index contributed by atoms with van der Waals surface area (Å²) in [4.78, 5) is 0. The molecule has 0 fully saturated rings. The highest BCUT2D eigenvalue weighted by Gasteiger charge is 2.15. The van der Waals surface area contributed by atoms with Crippen LogP contribution in [0.25, 0.3) is 0 Å². The fourth-order valence-corrected chi connectivity index (χ4v) is 2.63. The smallest absolute Gasteiger partial charge is 0.257 e.